The molecule has 0 N–H and O–H groups in total. The zero-order chi connectivity index (χ0) is 13.8. The lowest BCUT2D eigenvalue weighted by molar-refractivity contribution is 0.547. The van der Waals surface area contributed by atoms with E-state index in [0.29, 0.717) is 5.92 Å². The molecule has 0 aliphatic carbocycles. The van der Waals surface area contributed by atoms with Crippen molar-refractivity contribution in [3.8, 4) is 0 Å². The van der Waals surface area contributed by atoms with Crippen molar-refractivity contribution in [3.63, 3.8) is 0 Å². The molecule has 0 aromatic carbocycles. The molecule has 1 heteroatoms. The largest absolute Gasteiger partial charge is 0.293 e. The van der Waals surface area contributed by atoms with Gasteiger partial charge in [0.2, 0.25) is 0 Å². The molecule has 0 heterocycles. The van der Waals surface area contributed by atoms with Crippen molar-refractivity contribution in [2.75, 3.05) is 7.05 Å². The summed E-state index contributed by atoms with van der Waals surface area (Å²) in [5.41, 5.74) is 4.50. The van der Waals surface area contributed by atoms with Crippen LogP contribution in [0.4, 0.5) is 0 Å². The first kappa shape index (κ1) is 15.9. The van der Waals surface area contributed by atoms with Crippen molar-refractivity contribution in [2.24, 2.45) is 16.3 Å². The molecule has 0 aromatic heterocycles. The summed E-state index contributed by atoms with van der Waals surface area (Å²) in [6.07, 6.45) is 2.17. The highest BCUT2D eigenvalue weighted by Crippen LogP contribution is 2.37. The minimum atomic E-state index is -0.0589. The van der Waals surface area contributed by atoms with Gasteiger partial charge in [0.15, 0.2) is 0 Å². The number of rotatable bonds is 5. The van der Waals surface area contributed by atoms with Gasteiger partial charge in [-0.1, -0.05) is 52.0 Å². The van der Waals surface area contributed by atoms with E-state index >= 15 is 0 Å². The van der Waals surface area contributed by atoms with Gasteiger partial charge in [-0.25, -0.2) is 0 Å². The highest BCUT2D eigenvalue weighted by atomic mass is 14.7. The van der Waals surface area contributed by atoms with Crippen LogP contribution in [0.1, 0.15) is 41.5 Å². The Morgan fingerprint density at radius 2 is 1.65 bits per heavy atom. The van der Waals surface area contributed by atoms with Gasteiger partial charge < -0.3 is 0 Å². The van der Waals surface area contributed by atoms with Crippen LogP contribution in [0.25, 0.3) is 0 Å². The van der Waals surface area contributed by atoms with E-state index in [2.05, 4.69) is 58.8 Å². The van der Waals surface area contributed by atoms with Gasteiger partial charge in [0.05, 0.1) is 0 Å². The molecule has 0 aromatic rings. The van der Waals surface area contributed by atoms with Gasteiger partial charge in [0.25, 0.3) is 0 Å². The Bertz CT molecular complexity index is 365. The van der Waals surface area contributed by atoms with Crippen LogP contribution in [0.5, 0.6) is 0 Å². The Kier molecular flexibility index (Phi) is 5.60. The van der Waals surface area contributed by atoms with Gasteiger partial charge in [-0.3, -0.25) is 4.99 Å². The molecular formula is C16H27N. The van der Waals surface area contributed by atoms with Crippen LogP contribution in [0.3, 0.4) is 0 Å². The summed E-state index contributed by atoms with van der Waals surface area (Å²) in [5, 5.41) is 0. The Morgan fingerprint density at radius 1 is 1.18 bits per heavy atom. The summed E-state index contributed by atoms with van der Waals surface area (Å²) in [6.45, 7) is 21.0. The Balaban J connectivity index is 5.63. The fraction of sp³-hybridized carbons (Fsp3) is 0.562. The molecule has 0 fully saturated rings. The summed E-state index contributed by atoms with van der Waals surface area (Å²) < 4.78 is 0. The van der Waals surface area contributed by atoms with E-state index in [1.807, 2.05) is 14.0 Å². The molecule has 0 radical (unpaired) electrons. The lowest BCUT2D eigenvalue weighted by Gasteiger charge is -2.30. The van der Waals surface area contributed by atoms with Crippen LogP contribution in [-0.2, 0) is 0 Å². The van der Waals surface area contributed by atoms with Gasteiger partial charge in [0.1, 0.15) is 0 Å². The quantitative estimate of drug-likeness (QED) is 0.367. The lowest BCUT2D eigenvalue weighted by Crippen LogP contribution is -2.19. The fourth-order valence-corrected chi connectivity index (χ4v) is 1.70. The highest BCUT2D eigenvalue weighted by molar-refractivity contribution is 5.97. The number of hydrogen-bond acceptors (Lipinski definition) is 1. The van der Waals surface area contributed by atoms with Crippen molar-refractivity contribution in [3.05, 3.63) is 36.0 Å². The summed E-state index contributed by atoms with van der Waals surface area (Å²) in [5.74, 6) is 0.426. The van der Waals surface area contributed by atoms with Crippen LogP contribution < -0.4 is 0 Å². The van der Waals surface area contributed by atoms with Gasteiger partial charge in [0, 0.05) is 18.2 Å². The van der Waals surface area contributed by atoms with Crippen molar-refractivity contribution in [1.29, 1.82) is 0 Å². The third-order valence-electron chi connectivity index (χ3n) is 3.34. The summed E-state index contributed by atoms with van der Waals surface area (Å²) in [4.78, 5) is 4.35. The van der Waals surface area contributed by atoms with E-state index in [9.17, 15) is 0 Å². The van der Waals surface area contributed by atoms with Crippen molar-refractivity contribution < 1.29 is 0 Å². The Morgan fingerprint density at radius 3 is 1.88 bits per heavy atom. The second kappa shape index (κ2) is 6.00. The maximum atomic E-state index is 4.35. The third-order valence-corrected chi connectivity index (χ3v) is 3.34. The number of aliphatic imine (C=N–C) groups is 1. The molecule has 96 valence electrons. The van der Waals surface area contributed by atoms with Crippen molar-refractivity contribution in [2.45, 2.75) is 41.5 Å². The summed E-state index contributed by atoms with van der Waals surface area (Å²) >= 11 is 0. The minimum absolute atomic E-state index is 0.0589. The average molecular weight is 233 g/mol. The van der Waals surface area contributed by atoms with E-state index in [0.717, 1.165) is 16.9 Å². The topological polar surface area (TPSA) is 12.4 Å². The number of allylic oxidation sites excluding steroid dienone is 4. The first-order chi connectivity index (χ1) is 7.64. The molecule has 1 nitrogen and oxygen atoms in total. The van der Waals surface area contributed by atoms with Crippen LogP contribution in [0.15, 0.2) is 40.9 Å². The average Bonchev–Trinajstić information content (AvgIpc) is 2.16. The van der Waals surface area contributed by atoms with Crippen LogP contribution in [0.2, 0.25) is 0 Å². The maximum absolute atomic E-state index is 4.35. The van der Waals surface area contributed by atoms with Crippen LogP contribution >= 0.6 is 0 Å². The van der Waals surface area contributed by atoms with E-state index in [4.69, 9.17) is 0 Å². The van der Waals surface area contributed by atoms with E-state index in [-0.39, 0.29) is 5.41 Å². The first-order valence-corrected chi connectivity index (χ1v) is 6.15. The molecule has 0 saturated heterocycles. The zero-order valence-corrected chi connectivity index (χ0v) is 12.5. The normalized spacial score (nSPS) is 14.1. The monoisotopic (exact) mass is 233 g/mol. The number of nitrogens with zero attached hydrogens (tertiary/aromatic N) is 1. The first-order valence-electron chi connectivity index (χ1n) is 6.15. The molecule has 0 atom stereocenters. The van der Waals surface area contributed by atoms with Crippen molar-refractivity contribution in [1.82, 2.24) is 0 Å². The molecule has 0 bridgehead atoms. The van der Waals surface area contributed by atoms with Crippen molar-refractivity contribution >= 4 is 5.71 Å². The molecule has 0 amide bonds. The minimum Gasteiger partial charge on any atom is -0.293 e. The molecule has 0 aliphatic heterocycles. The summed E-state index contributed by atoms with van der Waals surface area (Å²) in [6, 6.07) is 0. The van der Waals surface area contributed by atoms with E-state index in [1.54, 1.807) is 0 Å². The Labute approximate surface area is 107 Å². The second-order valence-electron chi connectivity index (χ2n) is 5.55. The standard InChI is InChI=1S/C16H27N/c1-11(2)14(16(7,8)13(5)6)10-15(17-9)12(3)4/h10,12H,1,5H2,2-4,6-9H3/b14-10+,17-15+. The van der Waals surface area contributed by atoms with Gasteiger partial charge >= 0.3 is 0 Å². The fourth-order valence-electron chi connectivity index (χ4n) is 1.70. The third kappa shape index (κ3) is 3.99. The molecule has 0 aliphatic rings. The van der Waals surface area contributed by atoms with Gasteiger partial charge in [-0.05, 0) is 31.4 Å². The molecule has 0 saturated carbocycles. The smallest absolute Gasteiger partial charge is 0.0373 e. The van der Waals surface area contributed by atoms with Gasteiger partial charge in [-0.15, -0.1) is 0 Å². The van der Waals surface area contributed by atoms with E-state index < -0.39 is 0 Å². The lowest BCUT2D eigenvalue weighted by atomic mass is 9.75. The predicted octanol–water partition coefficient (Wildman–Crippen LogP) is 4.82. The molecule has 0 spiro atoms. The second-order valence-corrected chi connectivity index (χ2v) is 5.55. The predicted molar refractivity (Wildman–Crippen MR) is 79.7 cm³/mol. The summed E-state index contributed by atoms with van der Waals surface area (Å²) in [7, 11) is 1.84. The zero-order valence-electron chi connectivity index (χ0n) is 12.5. The van der Waals surface area contributed by atoms with Gasteiger partial charge in [-0.2, -0.15) is 0 Å². The molecule has 0 unspecified atom stereocenters. The molecule has 17 heavy (non-hydrogen) atoms. The number of hydrogen-bond donors (Lipinski definition) is 0. The highest BCUT2D eigenvalue weighted by Gasteiger charge is 2.25. The Hall–Kier alpha value is -1.11. The SMILES string of the molecule is C=C(C)/C(=C\C(=N/C)C(C)C)C(C)(C)C(=C)C. The van der Waals surface area contributed by atoms with Crippen LogP contribution in [0, 0.1) is 11.3 Å². The van der Waals surface area contributed by atoms with Crippen LogP contribution in [-0.4, -0.2) is 12.8 Å². The molecular weight excluding hydrogens is 206 g/mol. The molecule has 0 rings (SSSR count). The van der Waals surface area contributed by atoms with E-state index in [1.165, 1.54) is 5.57 Å². The maximum Gasteiger partial charge on any atom is 0.0373 e.